The van der Waals surface area contributed by atoms with Crippen molar-refractivity contribution in [3.8, 4) is 0 Å². The second kappa shape index (κ2) is 7.91. The van der Waals surface area contributed by atoms with Crippen LogP contribution in [0, 0.1) is 6.92 Å². The van der Waals surface area contributed by atoms with Crippen LogP contribution in [-0.2, 0) is 16.1 Å². The van der Waals surface area contributed by atoms with Crippen molar-refractivity contribution < 1.29 is 9.59 Å². The number of pyridine rings is 1. The monoisotopic (exact) mass is 426 g/mol. The van der Waals surface area contributed by atoms with Gasteiger partial charge in [-0.25, -0.2) is 4.98 Å². The first-order valence-electron chi connectivity index (χ1n) is 10.3. The van der Waals surface area contributed by atoms with Gasteiger partial charge in [0, 0.05) is 30.4 Å². The van der Waals surface area contributed by atoms with E-state index in [1.165, 1.54) is 0 Å². The number of nitrogens with zero attached hydrogens (tertiary/aromatic N) is 4. The number of piperazine rings is 1. The average molecular weight is 427 g/mol. The van der Waals surface area contributed by atoms with E-state index in [1.807, 2.05) is 63.4 Å². The molecule has 158 valence electrons. The molecule has 7 heteroatoms. The third kappa shape index (κ3) is 3.65. The molecule has 0 bridgehead atoms. The van der Waals surface area contributed by atoms with Gasteiger partial charge >= 0.3 is 0 Å². The molecule has 0 radical (unpaired) electrons. The lowest BCUT2D eigenvalue weighted by Crippen LogP contribution is -2.69. The molecule has 1 spiro atoms. The second-order valence-electron chi connectivity index (χ2n) is 8.53. The molecule has 0 N–H and O–H groups in total. The molecule has 0 saturated carbocycles. The summed E-state index contributed by atoms with van der Waals surface area (Å²) >= 11 is 6.02. The molecule has 2 aliphatic rings. The fourth-order valence-electron chi connectivity index (χ4n) is 4.38. The zero-order valence-electron chi connectivity index (χ0n) is 17.6. The summed E-state index contributed by atoms with van der Waals surface area (Å²) in [6, 6.07) is 11.4. The second-order valence-corrected chi connectivity index (χ2v) is 8.97. The van der Waals surface area contributed by atoms with Crippen LogP contribution in [0.15, 0.2) is 42.6 Å². The molecule has 0 aliphatic carbocycles. The van der Waals surface area contributed by atoms with Crippen LogP contribution in [-0.4, -0.2) is 57.8 Å². The first kappa shape index (κ1) is 20.7. The SMILES string of the molecule is Cc1ccc(N2CC[C@]3(C2)C(=O)N(C(C)C)CC(=O)N3Cc2ccc(Cl)cc2)nc1. The van der Waals surface area contributed by atoms with Crippen molar-refractivity contribution in [2.24, 2.45) is 0 Å². The predicted octanol–water partition coefficient (Wildman–Crippen LogP) is 3.27. The van der Waals surface area contributed by atoms with Crippen LogP contribution in [0.2, 0.25) is 5.02 Å². The van der Waals surface area contributed by atoms with Gasteiger partial charge in [-0.3, -0.25) is 9.59 Å². The Morgan fingerprint density at radius 2 is 1.87 bits per heavy atom. The van der Waals surface area contributed by atoms with Gasteiger partial charge in [0.25, 0.3) is 5.91 Å². The highest BCUT2D eigenvalue weighted by molar-refractivity contribution is 6.30. The predicted molar refractivity (Wildman–Crippen MR) is 117 cm³/mol. The molecule has 2 amide bonds. The van der Waals surface area contributed by atoms with E-state index in [1.54, 1.807) is 9.80 Å². The standard InChI is InChI=1S/C23H27ClN4O2/c1-16(2)27-14-21(29)28(13-18-5-7-19(24)8-6-18)23(22(27)30)10-11-26(15-23)20-9-4-17(3)12-25-20/h4-9,12,16H,10-11,13-15H2,1-3H3/t23-/m0/s1. The van der Waals surface area contributed by atoms with Gasteiger partial charge in [0.05, 0.1) is 6.54 Å². The summed E-state index contributed by atoms with van der Waals surface area (Å²) in [4.78, 5) is 37.1. The van der Waals surface area contributed by atoms with Crippen molar-refractivity contribution in [2.75, 3.05) is 24.5 Å². The molecule has 0 unspecified atom stereocenters. The summed E-state index contributed by atoms with van der Waals surface area (Å²) in [7, 11) is 0. The van der Waals surface area contributed by atoms with Crippen LogP contribution in [0.1, 0.15) is 31.4 Å². The highest BCUT2D eigenvalue weighted by Crippen LogP contribution is 2.37. The third-order valence-corrected chi connectivity index (χ3v) is 6.38. The zero-order chi connectivity index (χ0) is 21.5. The highest BCUT2D eigenvalue weighted by atomic mass is 35.5. The number of halogens is 1. The maximum absolute atomic E-state index is 13.7. The number of rotatable bonds is 4. The Bertz CT molecular complexity index is 945. The number of hydrogen-bond donors (Lipinski definition) is 0. The summed E-state index contributed by atoms with van der Waals surface area (Å²) in [5, 5.41) is 0.651. The molecule has 1 aromatic heterocycles. The molecule has 30 heavy (non-hydrogen) atoms. The molecule has 1 aromatic carbocycles. The van der Waals surface area contributed by atoms with E-state index in [9.17, 15) is 9.59 Å². The van der Waals surface area contributed by atoms with Crippen LogP contribution < -0.4 is 4.90 Å². The summed E-state index contributed by atoms with van der Waals surface area (Å²) in [6.45, 7) is 7.56. The zero-order valence-corrected chi connectivity index (χ0v) is 18.4. The van der Waals surface area contributed by atoms with Gasteiger partial charge in [-0.05, 0) is 56.5 Å². The molecule has 2 aliphatic heterocycles. The Labute approximate surface area is 182 Å². The largest absolute Gasteiger partial charge is 0.354 e. The Hall–Kier alpha value is -2.60. The molecule has 4 rings (SSSR count). The van der Waals surface area contributed by atoms with Gasteiger partial charge in [0.2, 0.25) is 5.91 Å². The number of aromatic nitrogens is 1. The maximum Gasteiger partial charge on any atom is 0.251 e. The Balaban J connectivity index is 1.68. The minimum atomic E-state index is -0.883. The van der Waals surface area contributed by atoms with Crippen LogP contribution in [0.3, 0.4) is 0 Å². The van der Waals surface area contributed by atoms with Gasteiger partial charge in [-0.15, -0.1) is 0 Å². The number of amides is 2. The van der Waals surface area contributed by atoms with E-state index in [2.05, 4.69) is 9.88 Å². The van der Waals surface area contributed by atoms with Gasteiger partial charge in [0.1, 0.15) is 17.9 Å². The molecule has 1 atom stereocenters. The number of carbonyl (C=O) groups is 2. The Morgan fingerprint density at radius 1 is 1.13 bits per heavy atom. The smallest absolute Gasteiger partial charge is 0.251 e. The van der Waals surface area contributed by atoms with Gasteiger partial charge < -0.3 is 14.7 Å². The van der Waals surface area contributed by atoms with E-state index >= 15 is 0 Å². The average Bonchev–Trinajstić information content (AvgIpc) is 3.16. The molecule has 3 heterocycles. The van der Waals surface area contributed by atoms with E-state index in [0.29, 0.717) is 31.1 Å². The third-order valence-electron chi connectivity index (χ3n) is 6.13. The quantitative estimate of drug-likeness (QED) is 0.752. The van der Waals surface area contributed by atoms with Crippen molar-refractivity contribution in [1.29, 1.82) is 0 Å². The number of anilines is 1. The Morgan fingerprint density at radius 3 is 2.50 bits per heavy atom. The van der Waals surface area contributed by atoms with E-state index in [-0.39, 0.29) is 24.4 Å². The lowest BCUT2D eigenvalue weighted by Gasteiger charge is -2.48. The molecule has 6 nitrogen and oxygen atoms in total. The molecular weight excluding hydrogens is 400 g/mol. The fourth-order valence-corrected chi connectivity index (χ4v) is 4.51. The van der Waals surface area contributed by atoms with Crippen molar-refractivity contribution in [3.63, 3.8) is 0 Å². The van der Waals surface area contributed by atoms with Crippen molar-refractivity contribution >= 4 is 29.2 Å². The normalized spacial score (nSPS) is 22.0. The number of aryl methyl sites for hydroxylation is 1. The molecule has 2 fully saturated rings. The summed E-state index contributed by atoms with van der Waals surface area (Å²) < 4.78 is 0. The first-order valence-corrected chi connectivity index (χ1v) is 10.7. The minimum absolute atomic E-state index is 0.0167. The van der Waals surface area contributed by atoms with Crippen LogP contribution in [0.25, 0.3) is 0 Å². The van der Waals surface area contributed by atoms with Crippen molar-refractivity contribution in [1.82, 2.24) is 14.8 Å². The number of carbonyl (C=O) groups excluding carboxylic acids is 2. The Kier molecular flexibility index (Phi) is 5.45. The number of benzene rings is 1. The van der Waals surface area contributed by atoms with E-state index in [4.69, 9.17) is 11.6 Å². The number of hydrogen-bond acceptors (Lipinski definition) is 4. The van der Waals surface area contributed by atoms with Crippen LogP contribution >= 0.6 is 11.6 Å². The lowest BCUT2D eigenvalue weighted by atomic mass is 9.89. The van der Waals surface area contributed by atoms with Gasteiger partial charge in [0.15, 0.2) is 0 Å². The summed E-state index contributed by atoms with van der Waals surface area (Å²) in [5.41, 5.74) is 1.17. The maximum atomic E-state index is 13.7. The van der Waals surface area contributed by atoms with Crippen molar-refractivity contribution in [3.05, 3.63) is 58.7 Å². The highest BCUT2D eigenvalue weighted by Gasteiger charge is 2.56. The fraction of sp³-hybridized carbons (Fsp3) is 0.435. The summed E-state index contributed by atoms with van der Waals surface area (Å²) in [5.74, 6) is 0.850. The topological polar surface area (TPSA) is 56.8 Å². The van der Waals surface area contributed by atoms with Gasteiger partial charge in [-0.1, -0.05) is 29.8 Å². The molecular formula is C23H27ClN4O2. The minimum Gasteiger partial charge on any atom is -0.354 e. The lowest BCUT2D eigenvalue weighted by molar-refractivity contribution is -0.166. The summed E-state index contributed by atoms with van der Waals surface area (Å²) in [6.07, 6.45) is 2.42. The van der Waals surface area contributed by atoms with Crippen LogP contribution in [0.5, 0.6) is 0 Å². The first-order chi connectivity index (χ1) is 14.3. The van der Waals surface area contributed by atoms with Gasteiger partial charge in [-0.2, -0.15) is 0 Å². The van der Waals surface area contributed by atoms with Crippen molar-refractivity contribution in [2.45, 2.75) is 45.3 Å². The molecule has 2 saturated heterocycles. The van der Waals surface area contributed by atoms with E-state index in [0.717, 1.165) is 16.9 Å². The van der Waals surface area contributed by atoms with E-state index < -0.39 is 5.54 Å². The van der Waals surface area contributed by atoms with Crippen LogP contribution in [0.4, 0.5) is 5.82 Å². The molecule has 2 aromatic rings.